The van der Waals surface area contributed by atoms with Gasteiger partial charge < -0.3 is 14.4 Å². The van der Waals surface area contributed by atoms with Gasteiger partial charge in [0.05, 0.1) is 7.11 Å². The number of carbonyl (C=O) groups is 3. The summed E-state index contributed by atoms with van der Waals surface area (Å²) in [7, 11) is 1.64. The summed E-state index contributed by atoms with van der Waals surface area (Å²) in [4.78, 5) is 45.2. The van der Waals surface area contributed by atoms with Crippen molar-refractivity contribution in [3.8, 4) is 11.6 Å². The van der Waals surface area contributed by atoms with Crippen molar-refractivity contribution < 1.29 is 23.9 Å². The molecule has 2 aromatic rings. The fourth-order valence-corrected chi connectivity index (χ4v) is 6.22. The molecule has 3 atom stereocenters. The lowest BCUT2D eigenvalue weighted by Crippen LogP contribution is -2.57. The molecule has 37 heavy (non-hydrogen) atoms. The Hall–Kier alpha value is -3.46. The van der Waals surface area contributed by atoms with Gasteiger partial charge >= 0.3 is 0 Å². The molecule has 6 rings (SSSR count). The zero-order valence-corrected chi connectivity index (χ0v) is 21.0. The summed E-state index contributed by atoms with van der Waals surface area (Å²) in [6.07, 6.45) is 6.99. The van der Waals surface area contributed by atoms with Crippen molar-refractivity contribution in [2.75, 3.05) is 20.2 Å². The molecule has 3 amide bonds. The molecule has 4 aliphatic rings. The summed E-state index contributed by atoms with van der Waals surface area (Å²) in [5, 5.41) is 2.35. The highest BCUT2D eigenvalue weighted by molar-refractivity contribution is 6.05. The third-order valence-corrected chi connectivity index (χ3v) is 8.27. The molecule has 1 aromatic heterocycles. The van der Waals surface area contributed by atoms with Crippen molar-refractivity contribution in [3.63, 3.8) is 0 Å². The van der Waals surface area contributed by atoms with Gasteiger partial charge in [0, 0.05) is 55.8 Å². The first-order valence-corrected chi connectivity index (χ1v) is 13.2. The minimum atomic E-state index is -0.607. The van der Waals surface area contributed by atoms with Crippen LogP contribution < -0.4 is 14.8 Å². The molecule has 3 fully saturated rings. The molecule has 0 spiro atoms. The first-order valence-electron chi connectivity index (χ1n) is 13.2. The minimum Gasteiger partial charge on any atom is -0.489 e. The van der Waals surface area contributed by atoms with E-state index in [9.17, 15) is 14.4 Å². The molecule has 9 heteroatoms. The van der Waals surface area contributed by atoms with Gasteiger partial charge in [-0.15, -0.1) is 0 Å². The summed E-state index contributed by atoms with van der Waals surface area (Å²) in [5.74, 6) is 1.06. The third kappa shape index (κ3) is 4.56. The lowest BCUT2D eigenvalue weighted by Gasteiger charge is -2.48. The van der Waals surface area contributed by atoms with Gasteiger partial charge in [0.1, 0.15) is 17.9 Å². The van der Waals surface area contributed by atoms with Gasteiger partial charge in [0.25, 0.3) is 5.91 Å². The van der Waals surface area contributed by atoms with E-state index in [1.807, 2.05) is 30.5 Å². The molecular weight excluding hydrogens is 472 g/mol. The Morgan fingerprint density at radius 2 is 1.86 bits per heavy atom. The number of likely N-dealkylation sites (tertiary alicyclic amines) is 1. The van der Waals surface area contributed by atoms with E-state index >= 15 is 0 Å². The van der Waals surface area contributed by atoms with Crippen LogP contribution in [0.25, 0.3) is 0 Å². The highest BCUT2D eigenvalue weighted by Gasteiger charge is 2.41. The standard InChI is InChI=1S/C28H32N4O5/c1-36-26-13-17(10-11-29-26)19-14-31(15-19)22-4-2-3-5-24(22)37-20-6-7-21-18(12-20)16-32(28(21)35)23-8-9-25(33)30-27(23)34/h6-7,10-13,19,22-24H,2-5,8-9,14-16H2,1H3,(H,30,33,34)/t22-,23?,24-/m1/s1. The van der Waals surface area contributed by atoms with Crippen molar-refractivity contribution in [2.24, 2.45) is 0 Å². The van der Waals surface area contributed by atoms with Crippen LogP contribution in [0.15, 0.2) is 36.5 Å². The molecule has 1 unspecified atom stereocenters. The molecule has 4 heterocycles. The smallest absolute Gasteiger partial charge is 0.255 e. The molecule has 9 nitrogen and oxygen atoms in total. The Labute approximate surface area is 216 Å². The number of hydrogen-bond donors (Lipinski definition) is 1. The average Bonchev–Trinajstić information content (AvgIpc) is 3.19. The quantitative estimate of drug-likeness (QED) is 0.604. The van der Waals surface area contributed by atoms with E-state index in [1.165, 1.54) is 12.0 Å². The van der Waals surface area contributed by atoms with Crippen molar-refractivity contribution in [1.82, 2.24) is 20.1 Å². The number of nitrogens with one attached hydrogen (secondary N) is 1. The number of methoxy groups -OCH3 is 1. The zero-order chi connectivity index (χ0) is 25.5. The molecular formula is C28H32N4O5. The van der Waals surface area contributed by atoms with Crippen LogP contribution in [-0.4, -0.2) is 70.9 Å². The molecule has 0 bridgehead atoms. The van der Waals surface area contributed by atoms with Crippen LogP contribution in [0, 0.1) is 0 Å². The highest BCUT2D eigenvalue weighted by Crippen LogP contribution is 2.37. The second-order valence-electron chi connectivity index (χ2n) is 10.5. The Kier molecular flexibility index (Phi) is 6.32. The SMILES string of the molecule is COc1cc(C2CN([C@@H]3CCCC[C@H]3Oc3ccc4c(c3)CN(C3CCC(=O)NC3=O)C4=O)C2)ccn1. The van der Waals surface area contributed by atoms with Crippen LogP contribution in [0.4, 0.5) is 0 Å². The minimum absolute atomic E-state index is 0.100. The van der Waals surface area contributed by atoms with Crippen LogP contribution in [-0.2, 0) is 16.1 Å². The lowest BCUT2D eigenvalue weighted by atomic mass is 9.84. The maximum atomic E-state index is 13.0. The normalized spacial score (nSPS) is 26.5. The number of piperidine rings is 1. The summed E-state index contributed by atoms with van der Waals surface area (Å²) in [6, 6.07) is 9.50. The van der Waals surface area contributed by atoms with E-state index in [2.05, 4.69) is 21.3 Å². The zero-order valence-electron chi connectivity index (χ0n) is 21.0. The van der Waals surface area contributed by atoms with E-state index < -0.39 is 11.9 Å². The van der Waals surface area contributed by atoms with Crippen LogP contribution in [0.3, 0.4) is 0 Å². The Morgan fingerprint density at radius 3 is 2.68 bits per heavy atom. The molecule has 0 radical (unpaired) electrons. The van der Waals surface area contributed by atoms with Crippen molar-refractivity contribution in [1.29, 1.82) is 0 Å². The van der Waals surface area contributed by atoms with E-state index in [-0.39, 0.29) is 24.3 Å². The summed E-state index contributed by atoms with van der Waals surface area (Å²) < 4.78 is 11.8. The fraction of sp³-hybridized carbons (Fsp3) is 0.500. The maximum absolute atomic E-state index is 13.0. The molecule has 1 aliphatic carbocycles. The molecule has 1 aromatic carbocycles. The first kappa shape index (κ1) is 23.9. The van der Waals surface area contributed by atoms with Crippen LogP contribution >= 0.6 is 0 Å². The highest BCUT2D eigenvalue weighted by atomic mass is 16.5. The predicted octanol–water partition coefficient (Wildman–Crippen LogP) is 2.64. The van der Waals surface area contributed by atoms with Gasteiger partial charge in [-0.25, -0.2) is 4.98 Å². The molecule has 1 saturated carbocycles. The van der Waals surface area contributed by atoms with E-state index in [0.717, 1.165) is 43.7 Å². The number of imide groups is 1. The number of carbonyl (C=O) groups excluding carboxylic acids is 3. The monoisotopic (exact) mass is 504 g/mol. The van der Waals surface area contributed by atoms with Gasteiger partial charge in [-0.1, -0.05) is 6.42 Å². The number of aromatic nitrogens is 1. The average molecular weight is 505 g/mol. The fourth-order valence-electron chi connectivity index (χ4n) is 6.22. The number of hydrogen-bond acceptors (Lipinski definition) is 7. The van der Waals surface area contributed by atoms with Crippen LogP contribution in [0.5, 0.6) is 11.6 Å². The number of pyridine rings is 1. The Morgan fingerprint density at radius 1 is 1.03 bits per heavy atom. The Bertz CT molecular complexity index is 1230. The third-order valence-electron chi connectivity index (χ3n) is 8.27. The second kappa shape index (κ2) is 9.78. The van der Waals surface area contributed by atoms with Crippen molar-refractivity contribution in [3.05, 3.63) is 53.2 Å². The maximum Gasteiger partial charge on any atom is 0.255 e. The topological polar surface area (TPSA) is 101 Å². The molecule has 194 valence electrons. The van der Waals surface area contributed by atoms with Crippen molar-refractivity contribution in [2.45, 2.75) is 69.2 Å². The summed E-state index contributed by atoms with van der Waals surface area (Å²) in [6.45, 7) is 2.35. The van der Waals surface area contributed by atoms with Gasteiger partial charge in [-0.2, -0.15) is 0 Å². The van der Waals surface area contributed by atoms with Crippen LogP contribution in [0.2, 0.25) is 0 Å². The van der Waals surface area contributed by atoms with Crippen LogP contribution in [0.1, 0.15) is 65.9 Å². The van der Waals surface area contributed by atoms with Gasteiger partial charge in [0.2, 0.25) is 17.7 Å². The van der Waals surface area contributed by atoms with Gasteiger partial charge in [-0.05, 0) is 61.1 Å². The lowest BCUT2D eigenvalue weighted by molar-refractivity contribution is -0.136. The molecule has 2 saturated heterocycles. The Balaban J connectivity index is 1.11. The van der Waals surface area contributed by atoms with Gasteiger partial charge in [0.15, 0.2) is 0 Å². The molecule has 3 aliphatic heterocycles. The van der Waals surface area contributed by atoms with Crippen molar-refractivity contribution >= 4 is 17.7 Å². The first-order chi connectivity index (χ1) is 18.0. The number of fused-ring (bicyclic) bond motifs is 1. The summed E-state index contributed by atoms with van der Waals surface area (Å²) in [5.41, 5.74) is 2.74. The predicted molar refractivity (Wildman–Crippen MR) is 134 cm³/mol. The number of benzene rings is 1. The van der Waals surface area contributed by atoms with Gasteiger partial charge in [-0.3, -0.25) is 24.6 Å². The number of amides is 3. The number of nitrogens with zero attached hydrogens (tertiary/aromatic N) is 3. The van der Waals surface area contributed by atoms with E-state index in [1.54, 1.807) is 12.0 Å². The second-order valence-corrected chi connectivity index (χ2v) is 10.5. The number of rotatable bonds is 6. The molecule has 1 N–H and O–H groups in total. The van der Waals surface area contributed by atoms with E-state index in [4.69, 9.17) is 9.47 Å². The summed E-state index contributed by atoms with van der Waals surface area (Å²) >= 11 is 0. The largest absolute Gasteiger partial charge is 0.489 e. The number of ether oxygens (including phenoxy) is 2. The van der Waals surface area contributed by atoms with E-state index in [0.29, 0.717) is 36.4 Å².